The van der Waals surface area contributed by atoms with E-state index in [2.05, 4.69) is 136 Å². The number of halogens is 2. The van der Waals surface area contributed by atoms with Gasteiger partial charge < -0.3 is 0 Å². The second-order valence-corrected chi connectivity index (χ2v) is 52.5. The summed E-state index contributed by atoms with van der Waals surface area (Å²) in [4.78, 5) is 0. The fraction of sp³-hybridized carbons (Fsp3) is 0.333. The van der Waals surface area contributed by atoms with Gasteiger partial charge in [-0.3, -0.25) is 0 Å². The van der Waals surface area contributed by atoms with Gasteiger partial charge in [-0.25, -0.2) is 0 Å². The van der Waals surface area contributed by atoms with Gasteiger partial charge in [0.25, 0.3) is 0 Å². The zero-order chi connectivity index (χ0) is 32.3. The summed E-state index contributed by atoms with van der Waals surface area (Å²) in [6, 6.07) is 35.6. The van der Waals surface area contributed by atoms with Crippen LogP contribution in [0.2, 0.25) is 13.1 Å². The first kappa shape index (κ1) is 33.9. The Hall–Kier alpha value is -1.96. The summed E-state index contributed by atoms with van der Waals surface area (Å²) in [7, 11) is 17.5. The minimum atomic E-state index is -4.86. The number of rotatable bonds is 12. The van der Waals surface area contributed by atoms with E-state index in [1.807, 2.05) is 0 Å². The Bertz CT molecular complexity index is 1720. The summed E-state index contributed by atoms with van der Waals surface area (Å²) >= 11 is -4.86. The predicted octanol–water partition coefficient (Wildman–Crippen LogP) is 14.0. The molecule has 0 heterocycles. The molecule has 4 aromatic carbocycles. The maximum atomic E-state index is 8.75. The SMILES string of the molecule is CCCCCC1=Cc2c(-c3ccccc3)cccc2[CH]1[Zr]([Cl])([Cl])([CH]1C(CCCCC)=Cc2c(-c3ccccc3)cccc21)=[Si](C)C. The second kappa shape index (κ2) is 14.3. The molecule has 0 saturated carbocycles. The molecule has 0 nitrogen and oxygen atoms in total. The molecule has 0 saturated heterocycles. The molecule has 2 unspecified atom stereocenters. The van der Waals surface area contributed by atoms with Crippen molar-refractivity contribution in [2.24, 2.45) is 0 Å². The summed E-state index contributed by atoms with van der Waals surface area (Å²) in [5.74, 6) is 0. The van der Waals surface area contributed by atoms with Gasteiger partial charge in [0.15, 0.2) is 0 Å². The van der Waals surface area contributed by atoms with Gasteiger partial charge >= 0.3 is 288 Å². The summed E-state index contributed by atoms with van der Waals surface area (Å²) in [5.41, 5.74) is 12.5. The molecule has 0 amide bonds. The molecule has 0 fully saturated rings. The molecule has 2 aliphatic carbocycles. The van der Waals surface area contributed by atoms with Crippen LogP contribution in [0.15, 0.2) is 108 Å². The number of hydrogen-bond donors (Lipinski definition) is 0. The van der Waals surface area contributed by atoms with Gasteiger partial charge in [-0.05, 0) is 0 Å². The Morgan fingerprint density at radius 2 is 0.957 bits per heavy atom. The fourth-order valence-electron chi connectivity index (χ4n) is 8.25. The van der Waals surface area contributed by atoms with E-state index < -0.39 is 20.4 Å². The Morgan fingerprint density at radius 1 is 0.543 bits per heavy atom. The van der Waals surface area contributed by atoms with Crippen molar-refractivity contribution in [1.29, 1.82) is 0 Å². The van der Waals surface area contributed by atoms with Crippen molar-refractivity contribution in [2.75, 3.05) is 0 Å². The van der Waals surface area contributed by atoms with Gasteiger partial charge in [-0.1, -0.05) is 0 Å². The van der Waals surface area contributed by atoms with Crippen LogP contribution in [0.5, 0.6) is 0 Å². The first-order valence-corrected chi connectivity index (χ1v) is 32.8. The van der Waals surface area contributed by atoms with E-state index in [0.717, 1.165) is 12.8 Å². The third-order valence-corrected chi connectivity index (χ3v) is 57.2. The average molecular weight is 743 g/mol. The zero-order valence-electron chi connectivity index (χ0n) is 28.0. The number of unbranched alkanes of at least 4 members (excludes halogenated alkanes) is 4. The topological polar surface area (TPSA) is 0 Å². The molecule has 0 spiro atoms. The quantitative estimate of drug-likeness (QED) is 0.100. The first-order chi connectivity index (χ1) is 22.3. The fourth-order valence-corrected chi connectivity index (χ4v) is 37.4. The number of allylic oxidation sites excluding steroid dienone is 2. The molecule has 4 aromatic rings. The minimum absolute atomic E-state index is 0.120. The van der Waals surface area contributed by atoms with Crippen LogP contribution in [0.25, 0.3) is 34.4 Å². The van der Waals surface area contributed by atoms with Crippen LogP contribution in [-0.2, 0) is 15.0 Å². The van der Waals surface area contributed by atoms with Crippen molar-refractivity contribution < 1.29 is 15.0 Å². The number of benzene rings is 4. The van der Waals surface area contributed by atoms with Crippen LogP contribution in [0.1, 0.15) is 94.7 Å². The Labute approximate surface area is 285 Å². The van der Waals surface area contributed by atoms with E-state index in [9.17, 15) is 0 Å². The van der Waals surface area contributed by atoms with E-state index in [4.69, 9.17) is 17.0 Å². The van der Waals surface area contributed by atoms with Crippen molar-refractivity contribution in [3.63, 3.8) is 0 Å². The normalized spacial score (nSPS) is 17.4. The van der Waals surface area contributed by atoms with Crippen LogP contribution in [0, 0.1) is 0 Å². The van der Waals surface area contributed by atoms with Crippen LogP contribution in [-0.4, -0.2) is 5.43 Å². The van der Waals surface area contributed by atoms with Gasteiger partial charge in [-0.2, -0.15) is 0 Å². The summed E-state index contributed by atoms with van der Waals surface area (Å²) in [5, 5.41) is 0. The Morgan fingerprint density at radius 3 is 1.33 bits per heavy atom. The Kier molecular flexibility index (Phi) is 10.5. The van der Waals surface area contributed by atoms with Crippen molar-refractivity contribution in [3.8, 4) is 22.3 Å². The molecule has 238 valence electrons. The molecular weight excluding hydrogens is 695 g/mol. The van der Waals surface area contributed by atoms with Gasteiger partial charge in [0, 0.05) is 0 Å². The van der Waals surface area contributed by atoms with Crippen LogP contribution >= 0.6 is 17.0 Å². The van der Waals surface area contributed by atoms with Crippen LogP contribution in [0.3, 0.4) is 0 Å². The van der Waals surface area contributed by atoms with E-state index in [-0.39, 0.29) is 7.25 Å². The van der Waals surface area contributed by atoms with E-state index in [1.54, 1.807) is 0 Å². The molecular formula is C42H48Cl2SiZr. The number of fused-ring (bicyclic) bond motifs is 2. The molecule has 0 N–H and O–H groups in total. The average Bonchev–Trinajstić information content (AvgIpc) is 3.65. The predicted molar refractivity (Wildman–Crippen MR) is 203 cm³/mol. The van der Waals surface area contributed by atoms with Gasteiger partial charge in [0.05, 0.1) is 0 Å². The van der Waals surface area contributed by atoms with Gasteiger partial charge in [0.2, 0.25) is 0 Å². The summed E-state index contributed by atoms with van der Waals surface area (Å²) < 4.78 is 0.241. The zero-order valence-corrected chi connectivity index (χ0v) is 32.9. The van der Waals surface area contributed by atoms with E-state index >= 15 is 0 Å². The summed E-state index contributed by atoms with van der Waals surface area (Å²) in [6.07, 6.45) is 14.4. The molecule has 0 aromatic heterocycles. The maximum absolute atomic E-state index is 8.75. The number of hydrogen-bond acceptors (Lipinski definition) is 0. The van der Waals surface area contributed by atoms with E-state index in [0.29, 0.717) is 0 Å². The van der Waals surface area contributed by atoms with E-state index in [1.165, 1.54) is 94.2 Å². The van der Waals surface area contributed by atoms with Crippen LogP contribution < -0.4 is 0 Å². The van der Waals surface area contributed by atoms with Crippen molar-refractivity contribution in [2.45, 2.75) is 85.6 Å². The Balaban J connectivity index is 1.60. The monoisotopic (exact) mass is 740 g/mol. The molecule has 2 aliphatic rings. The first-order valence-electron chi connectivity index (χ1n) is 17.4. The molecule has 6 rings (SSSR count). The molecule has 2 atom stereocenters. The van der Waals surface area contributed by atoms with Crippen molar-refractivity contribution in [1.82, 2.24) is 0 Å². The molecule has 0 radical (unpaired) electrons. The van der Waals surface area contributed by atoms with Crippen molar-refractivity contribution >= 4 is 34.6 Å². The molecule has 0 bridgehead atoms. The summed E-state index contributed by atoms with van der Waals surface area (Å²) in [6.45, 7) is 9.48. The van der Waals surface area contributed by atoms with Gasteiger partial charge in [0.1, 0.15) is 0 Å². The van der Waals surface area contributed by atoms with Crippen LogP contribution in [0.4, 0.5) is 0 Å². The molecule has 0 aliphatic heterocycles. The molecule has 46 heavy (non-hydrogen) atoms. The third-order valence-electron chi connectivity index (χ3n) is 10.6. The molecule has 4 heteroatoms. The second-order valence-electron chi connectivity index (χ2n) is 13.7. The standard InChI is InChI=1S/2C20H21.C2H6Si.2ClH.Zr/c2*1-2-3-5-9-16-14-18-12-8-13-19(20(18)15-16)17-10-6-4-7-11-17;1-3-2;;;/h2*4,6-8,10-15H,2-3,5,9H2,1H3;1-2H3;2*1H;/q;;;;;+2/p-2. The van der Waals surface area contributed by atoms with Gasteiger partial charge in [-0.15, -0.1) is 0 Å². The third kappa shape index (κ3) is 6.07. The van der Waals surface area contributed by atoms with Crippen molar-refractivity contribution in [3.05, 3.63) is 130 Å².